The molecule has 7 nitrogen and oxygen atoms in total. The van der Waals surface area contributed by atoms with Gasteiger partial charge in [0.25, 0.3) is 11.1 Å². The summed E-state index contributed by atoms with van der Waals surface area (Å²) in [6.07, 6.45) is 0.137. The molecule has 1 amide bonds. The van der Waals surface area contributed by atoms with Crippen molar-refractivity contribution in [2.24, 2.45) is 0 Å². The first kappa shape index (κ1) is 20.4. The van der Waals surface area contributed by atoms with Crippen LogP contribution >= 0.6 is 0 Å². The van der Waals surface area contributed by atoms with E-state index in [-0.39, 0.29) is 30.0 Å². The normalized spacial score (nSPS) is 10.9. The van der Waals surface area contributed by atoms with E-state index in [2.05, 4.69) is 5.10 Å². The van der Waals surface area contributed by atoms with Crippen LogP contribution in [-0.2, 0) is 17.9 Å². The second-order valence-corrected chi connectivity index (χ2v) is 7.16. The number of aromatic nitrogens is 2. The minimum atomic E-state index is -0.332. The Kier molecular flexibility index (Phi) is 6.16. The van der Waals surface area contributed by atoms with Crippen LogP contribution in [0.1, 0.15) is 18.9 Å². The molecule has 3 rings (SSSR count). The maximum Gasteiger partial charge on any atom is 0.273 e. The molecule has 0 atom stereocenters. The second kappa shape index (κ2) is 8.77. The predicted octanol–water partition coefficient (Wildman–Crippen LogP) is 2.19. The van der Waals surface area contributed by atoms with E-state index in [4.69, 9.17) is 0 Å². The number of carbonyl (C=O) groups excluding carboxylic acids is 1. The van der Waals surface area contributed by atoms with Gasteiger partial charge < -0.3 is 9.80 Å². The third-order valence-corrected chi connectivity index (χ3v) is 4.99. The molecule has 1 aromatic heterocycles. The number of H-pyrrole nitrogens is 1. The van der Waals surface area contributed by atoms with Gasteiger partial charge in [-0.05, 0) is 36.8 Å². The smallest absolute Gasteiger partial charge is 0.273 e. The molecule has 7 heteroatoms. The first-order valence-electron chi connectivity index (χ1n) is 9.66. The lowest BCUT2D eigenvalue weighted by atomic mass is 10.1. The lowest BCUT2D eigenvalue weighted by Gasteiger charge is -2.22. The predicted molar refractivity (Wildman–Crippen MR) is 115 cm³/mol. The molecule has 0 unspecified atom stereocenters. The van der Waals surface area contributed by atoms with E-state index in [0.29, 0.717) is 23.9 Å². The Hall–Kier alpha value is -3.35. The van der Waals surface area contributed by atoms with Crippen molar-refractivity contribution in [1.82, 2.24) is 14.7 Å². The summed E-state index contributed by atoms with van der Waals surface area (Å²) < 4.78 is 1.22. The number of nitrogens with one attached hydrogen (secondary N) is 1. The van der Waals surface area contributed by atoms with Crippen molar-refractivity contribution >= 4 is 22.4 Å². The van der Waals surface area contributed by atoms with Gasteiger partial charge in [-0.3, -0.25) is 19.5 Å². The molecule has 0 aliphatic heterocycles. The fourth-order valence-electron chi connectivity index (χ4n) is 3.27. The average molecular weight is 394 g/mol. The van der Waals surface area contributed by atoms with Gasteiger partial charge in [-0.1, -0.05) is 24.3 Å². The number of rotatable bonds is 7. The number of anilines is 1. The molecular weight excluding hydrogens is 368 g/mol. The summed E-state index contributed by atoms with van der Waals surface area (Å²) in [4.78, 5) is 41.2. The maximum atomic E-state index is 12.7. The molecule has 152 valence electrons. The molecular formula is C22H26N4O3. The molecule has 0 aliphatic carbocycles. The molecule has 0 bridgehead atoms. The number of nitrogens with zero attached hydrogens (tertiary/aromatic N) is 3. The second-order valence-electron chi connectivity index (χ2n) is 7.16. The molecule has 0 saturated heterocycles. The van der Waals surface area contributed by atoms with Gasteiger partial charge in [0.1, 0.15) is 0 Å². The van der Waals surface area contributed by atoms with Crippen LogP contribution in [0.4, 0.5) is 5.69 Å². The summed E-state index contributed by atoms with van der Waals surface area (Å²) in [6, 6.07) is 14.7. The van der Waals surface area contributed by atoms with Gasteiger partial charge in [0, 0.05) is 39.3 Å². The van der Waals surface area contributed by atoms with Crippen molar-refractivity contribution in [3.8, 4) is 0 Å². The molecule has 0 radical (unpaired) electrons. The molecule has 0 spiro atoms. The third kappa shape index (κ3) is 4.56. The zero-order valence-corrected chi connectivity index (χ0v) is 17.0. The Balaban J connectivity index is 1.70. The van der Waals surface area contributed by atoms with E-state index in [1.165, 1.54) is 4.68 Å². The van der Waals surface area contributed by atoms with Crippen LogP contribution in [0.25, 0.3) is 10.8 Å². The van der Waals surface area contributed by atoms with Gasteiger partial charge in [-0.15, -0.1) is 0 Å². The highest BCUT2D eigenvalue weighted by atomic mass is 16.2. The number of hydrogen-bond acceptors (Lipinski definition) is 4. The number of aryl methyl sites for hydroxylation is 1. The SMILES string of the molecule is CCN(Cc1ccc(N(C)C)cc1)C(=O)CCn1[nH]c(=O)c2ccccc2c1=O. The Morgan fingerprint density at radius 3 is 2.28 bits per heavy atom. The molecule has 1 N–H and O–H groups in total. The summed E-state index contributed by atoms with van der Waals surface area (Å²) in [5.41, 5.74) is 1.51. The Morgan fingerprint density at radius 2 is 1.66 bits per heavy atom. The summed E-state index contributed by atoms with van der Waals surface area (Å²) >= 11 is 0. The number of aromatic amines is 1. The van der Waals surface area contributed by atoms with Gasteiger partial charge in [0.2, 0.25) is 5.91 Å². The molecule has 1 heterocycles. The number of benzene rings is 2. The van der Waals surface area contributed by atoms with Crippen molar-refractivity contribution in [3.05, 3.63) is 74.8 Å². The first-order valence-corrected chi connectivity index (χ1v) is 9.66. The molecule has 2 aromatic carbocycles. The van der Waals surface area contributed by atoms with Gasteiger partial charge in [0.15, 0.2) is 0 Å². The summed E-state index contributed by atoms with van der Waals surface area (Å²) in [5, 5.41) is 3.29. The van der Waals surface area contributed by atoms with Crippen molar-refractivity contribution in [3.63, 3.8) is 0 Å². The fourth-order valence-corrected chi connectivity index (χ4v) is 3.27. The molecule has 0 fully saturated rings. The van der Waals surface area contributed by atoms with Crippen LogP contribution in [0.2, 0.25) is 0 Å². The zero-order valence-electron chi connectivity index (χ0n) is 17.0. The highest BCUT2D eigenvalue weighted by Gasteiger charge is 2.14. The lowest BCUT2D eigenvalue weighted by Crippen LogP contribution is -2.34. The highest BCUT2D eigenvalue weighted by molar-refractivity contribution is 5.80. The van der Waals surface area contributed by atoms with Crippen LogP contribution in [0.15, 0.2) is 58.1 Å². The maximum absolute atomic E-state index is 12.7. The van der Waals surface area contributed by atoms with Crippen LogP contribution in [-0.4, -0.2) is 41.2 Å². The van der Waals surface area contributed by atoms with Gasteiger partial charge >= 0.3 is 0 Å². The lowest BCUT2D eigenvalue weighted by molar-refractivity contribution is -0.131. The van der Waals surface area contributed by atoms with Crippen LogP contribution in [0.5, 0.6) is 0 Å². The van der Waals surface area contributed by atoms with Crippen molar-refractivity contribution in [2.75, 3.05) is 25.5 Å². The highest BCUT2D eigenvalue weighted by Crippen LogP contribution is 2.14. The summed E-state index contributed by atoms with van der Waals surface area (Å²) in [5.74, 6) is -0.0647. The first-order chi connectivity index (χ1) is 13.9. The van der Waals surface area contributed by atoms with Gasteiger partial charge in [0.05, 0.1) is 17.3 Å². The van der Waals surface area contributed by atoms with Gasteiger partial charge in [-0.25, -0.2) is 4.68 Å². The van der Waals surface area contributed by atoms with E-state index >= 15 is 0 Å². The van der Waals surface area contributed by atoms with E-state index in [9.17, 15) is 14.4 Å². The zero-order chi connectivity index (χ0) is 21.0. The average Bonchev–Trinajstić information content (AvgIpc) is 2.73. The van der Waals surface area contributed by atoms with Crippen molar-refractivity contribution < 1.29 is 4.79 Å². The quantitative estimate of drug-likeness (QED) is 0.666. The largest absolute Gasteiger partial charge is 0.378 e. The summed E-state index contributed by atoms with van der Waals surface area (Å²) in [7, 11) is 3.96. The van der Waals surface area contributed by atoms with E-state index in [1.54, 1.807) is 29.2 Å². The third-order valence-electron chi connectivity index (χ3n) is 4.99. The van der Waals surface area contributed by atoms with Crippen molar-refractivity contribution in [1.29, 1.82) is 0 Å². The van der Waals surface area contributed by atoms with Crippen LogP contribution < -0.4 is 16.0 Å². The summed E-state index contributed by atoms with van der Waals surface area (Å²) in [6.45, 7) is 3.13. The van der Waals surface area contributed by atoms with Crippen LogP contribution in [0.3, 0.4) is 0 Å². The Bertz CT molecular complexity index is 1110. The monoisotopic (exact) mass is 394 g/mol. The topological polar surface area (TPSA) is 78.4 Å². The standard InChI is InChI=1S/C22H26N4O3/c1-4-25(15-16-9-11-17(12-10-16)24(2)3)20(27)13-14-26-22(29)19-8-6-5-7-18(19)21(28)23-26/h5-12H,4,13-15H2,1-3H3,(H,23,28). The fraction of sp³-hybridized carbons (Fsp3) is 0.318. The number of hydrogen-bond donors (Lipinski definition) is 1. The van der Waals surface area contributed by atoms with E-state index < -0.39 is 0 Å². The van der Waals surface area contributed by atoms with E-state index in [1.807, 2.05) is 50.2 Å². The van der Waals surface area contributed by atoms with Gasteiger partial charge in [-0.2, -0.15) is 0 Å². The van der Waals surface area contributed by atoms with Crippen molar-refractivity contribution in [2.45, 2.75) is 26.4 Å². The van der Waals surface area contributed by atoms with E-state index in [0.717, 1.165) is 11.3 Å². The Morgan fingerprint density at radius 1 is 1.00 bits per heavy atom. The molecule has 0 aliphatic rings. The minimum absolute atomic E-state index is 0.0647. The molecule has 29 heavy (non-hydrogen) atoms. The number of carbonyl (C=O) groups is 1. The van der Waals surface area contributed by atoms with Crippen LogP contribution in [0, 0.1) is 0 Å². The molecule has 3 aromatic rings. The minimum Gasteiger partial charge on any atom is -0.378 e. The number of amides is 1. The number of fused-ring (bicyclic) bond motifs is 1. The molecule has 0 saturated carbocycles. The Labute approximate surface area is 169 Å².